The first-order valence-corrected chi connectivity index (χ1v) is 7.76. The second-order valence-corrected chi connectivity index (χ2v) is 5.34. The summed E-state index contributed by atoms with van der Waals surface area (Å²) in [4.78, 5) is 9.15. The molecule has 0 saturated heterocycles. The van der Waals surface area contributed by atoms with E-state index < -0.39 is 0 Å². The maximum Gasteiger partial charge on any atom is 0.229 e. The van der Waals surface area contributed by atoms with Gasteiger partial charge in [0.05, 0.1) is 18.2 Å². The van der Waals surface area contributed by atoms with E-state index >= 15 is 0 Å². The van der Waals surface area contributed by atoms with Gasteiger partial charge >= 0.3 is 0 Å². The SMILES string of the molecule is CCC(CO)Nc1nc(Nc2ccccc2)nc2ccccc12. The van der Waals surface area contributed by atoms with Crippen molar-refractivity contribution in [3.63, 3.8) is 0 Å². The molecule has 3 rings (SSSR count). The number of nitrogens with one attached hydrogen (secondary N) is 2. The van der Waals surface area contributed by atoms with Crippen molar-refractivity contribution in [3.05, 3.63) is 54.6 Å². The quantitative estimate of drug-likeness (QED) is 0.649. The van der Waals surface area contributed by atoms with Gasteiger partial charge in [0.2, 0.25) is 5.95 Å². The smallest absolute Gasteiger partial charge is 0.229 e. The number of benzene rings is 2. The average molecular weight is 308 g/mol. The summed E-state index contributed by atoms with van der Waals surface area (Å²) in [5.41, 5.74) is 1.79. The van der Waals surface area contributed by atoms with Crippen LogP contribution in [-0.2, 0) is 0 Å². The second-order valence-electron chi connectivity index (χ2n) is 5.34. The van der Waals surface area contributed by atoms with Gasteiger partial charge in [-0.05, 0) is 30.7 Å². The van der Waals surface area contributed by atoms with E-state index in [0.717, 1.165) is 28.8 Å². The summed E-state index contributed by atoms with van der Waals surface area (Å²) in [7, 11) is 0. The van der Waals surface area contributed by atoms with E-state index in [4.69, 9.17) is 0 Å². The number of hydrogen-bond acceptors (Lipinski definition) is 5. The summed E-state index contributed by atoms with van der Waals surface area (Å²) in [5, 5.41) is 16.9. The van der Waals surface area contributed by atoms with E-state index in [2.05, 4.69) is 20.6 Å². The van der Waals surface area contributed by atoms with Gasteiger partial charge in [-0.15, -0.1) is 0 Å². The van der Waals surface area contributed by atoms with Crippen molar-refractivity contribution in [1.82, 2.24) is 9.97 Å². The van der Waals surface area contributed by atoms with Gasteiger partial charge < -0.3 is 15.7 Å². The summed E-state index contributed by atoms with van der Waals surface area (Å²) in [5.74, 6) is 1.26. The lowest BCUT2D eigenvalue weighted by Gasteiger charge is -2.17. The Morgan fingerprint density at radius 2 is 1.74 bits per heavy atom. The highest BCUT2D eigenvalue weighted by Crippen LogP contribution is 2.24. The van der Waals surface area contributed by atoms with Crippen LogP contribution in [0.5, 0.6) is 0 Å². The number of anilines is 3. The summed E-state index contributed by atoms with van der Waals surface area (Å²) in [6, 6.07) is 17.6. The number of aromatic nitrogens is 2. The molecule has 23 heavy (non-hydrogen) atoms. The minimum absolute atomic E-state index is 0.0297. The summed E-state index contributed by atoms with van der Waals surface area (Å²) in [6.07, 6.45) is 0.816. The molecule has 1 aromatic heterocycles. The van der Waals surface area contributed by atoms with Crippen molar-refractivity contribution in [2.75, 3.05) is 17.2 Å². The van der Waals surface area contributed by atoms with Gasteiger partial charge in [0, 0.05) is 11.1 Å². The van der Waals surface area contributed by atoms with Crippen LogP contribution in [-0.4, -0.2) is 27.7 Å². The highest BCUT2D eigenvalue weighted by molar-refractivity contribution is 5.90. The number of rotatable bonds is 6. The van der Waals surface area contributed by atoms with Crippen LogP contribution in [0.1, 0.15) is 13.3 Å². The minimum atomic E-state index is -0.0297. The molecule has 5 nitrogen and oxygen atoms in total. The van der Waals surface area contributed by atoms with Gasteiger partial charge in [0.25, 0.3) is 0 Å². The van der Waals surface area contributed by atoms with Crippen LogP contribution in [0.2, 0.25) is 0 Å². The molecule has 0 radical (unpaired) electrons. The molecule has 118 valence electrons. The van der Waals surface area contributed by atoms with Crippen LogP contribution < -0.4 is 10.6 Å². The number of nitrogens with zero attached hydrogens (tertiary/aromatic N) is 2. The third-order valence-electron chi connectivity index (χ3n) is 3.69. The van der Waals surface area contributed by atoms with Gasteiger partial charge in [-0.2, -0.15) is 4.98 Å². The molecule has 3 aromatic rings. The molecule has 0 spiro atoms. The Morgan fingerprint density at radius 1 is 1.00 bits per heavy atom. The third-order valence-corrected chi connectivity index (χ3v) is 3.69. The maximum atomic E-state index is 9.44. The molecule has 0 aliphatic rings. The van der Waals surface area contributed by atoms with Gasteiger partial charge in [-0.25, -0.2) is 4.98 Å². The second kappa shape index (κ2) is 7.07. The monoisotopic (exact) mass is 308 g/mol. The van der Waals surface area contributed by atoms with Crippen LogP contribution >= 0.6 is 0 Å². The first kappa shape index (κ1) is 15.2. The Hall–Kier alpha value is -2.66. The van der Waals surface area contributed by atoms with Crippen LogP contribution in [0.25, 0.3) is 10.9 Å². The van der Waals surface area contributed by atoms with Gasteiger partial charge in [0.1, 0.15) is 5.82 Å². The fourth-order valence-corrected chi connectivity index (χ4v) is 2.36. The first-order valence-electron chi connectivity index (χ1n) is 7.76. The van der Waals surface area contributed by atoms with E-state index in [1.54, 1.807) is 0 Å². The van der Waals surface area contributed by atoms with Gasteiger partial charge in [0.15, 0.2) is 0 Å². The molecular formula is C18H20N4O. The van der Waals surface area contributed by atoms with E-state index in [1.807, 2.05) is 61.5 Å². The summed E-state index contributed by atoms with van der Waals surface area (Å²) in [6.45, 7) is 2.09. The molecule has 2 aromatic carbocycles. The van der Waals surface area contributed by atoms with Crippen molar-refractivity contribution in [3.8, 4) is 0 Å². The molecule has 0 amide bonds. The normalized spacial score (nSPS) is 12.1. The van der Waals surface area contributed by atoms with Crippen LogP contribution in [0.3, 0.4) is 0 Å². The Kier molecular flexibility index (Phi) is 4.68. The van der Waals surface area contributed by atoms with Crippen LogP contribution in [0, 0.1) is 0 Å². The highest BCUT2D eigenvalue weighted by Gasteiger charge is 2.11. The van der Waals surface area contributed by atoms with Crippen molar-refractivity contribution in [2.45, 2.75) is 19.4 Å². The maximum absolute atomic E-state index is 9.44. The zero-order valence-electron chi connectivity index (χ0n) is 13.0. The first-order chi connectivity index (χ1) is 11.3. The third kappa shape index (κ3) is 3.57. The standard InChI is InChI=1S/C18H20N4O/c1-2-13(12-23)19-17-15-10-6-7-11-16(15)21-18(22-17)20-14-8-4-3-5-9-14/h3-11,13,23H,2,12H2,1H3,(H2,19,20,21,22). The zero-order valence-corrected chi connectivity index (χ0v) is 13.0. The number of hydrogen-bond donors (Lipinski definition) is 3. The minimum Gasteiger partial charge on any atom is -0.394 e. The molecule has 1 atom stereocenters. The average Bonchev–Trinajstić information content (AvgIpc) is 2.60. The molecule has 5 heteroatoms. The molecule has 0 fully saturated rings. The molecule has 0 saturated carbocycles. The Bertz CT molecular complexity index is 772. The Morgan fingerprint density at radius 3 is 2.48 bits per heavy atom. The van der Waals surface area contributed by atoms with Crippen molar-refractivity contribution in [1.29, 1.82) is 0 Å². The van der Waals surface area contributed by atoms with E-state index in [1.165, 1.54) is 0 Å². The molecule has 0 aliphatic carbocycles. The lowest BCUT2D eigenvalue weighted by Crippen LogP contribution is -2.23. The van der Waals surface area contributed by atoms with Crippen molar-refractivity contribution in [2.24, 2.45) is 0 Å². The number of aliphatic hydroxyl groups is 1. The topological polar surface area (TPSA) is 70.1 Å². The van der Waals surface area contributed by atoms with E-state index in [0.29, 0.717) is 5.95 Å². The van der Waals surface area contributed by atoms with E-state index in [-0.39, 0.29) is 12.6 Å². The lowest BCUT2D eigenvalue weighted by atomic mass is 10.2. The van der Waals surface area contributed by atoms with Crippen molar-refractivity contribution < 1.29 is 5.11 Å². The number of aliphatic hydroxyl groups excluding tert-OH is 1. The fourth-order valence-electron chi connectivity index (χ4n) is 2.36. The Labute approximate surface area is 135 Å². The number of para-hydroxylation sites is 2. The molecule has 0 aliphatic heterocycles. The molecular weight excluding hydrogens is 288 g/mol. The fraction of sp³-hybridized carbons (Fsp3) is 0.222. The van der Waals surface area contributed by atoms with Gasteiger partial charge in [-0.1, -0.05) is 37.3 Å². The largest absolute Gasteiger partial charge is 0.394 e. The number of fused-ring (bicyclic) bond motifs is 1. The lowest BCUT2D eigenvalue weighted by molar-refractivity contribution is 0.271. The zero-order chi connectivity index (χ0) is 16.1. The summed E-state index contributed by atoms with van der Waals surface area (Å²) >= 11 is 0. The molecule has 1 unspecified atom stereocenters. The van der Waals surface area contributed by atoms with E-state index in [9.17, 15) is 5.11 Å². The molecule has 0 bridgehead atoms. The molecule has 1 heterocycles. The van der Waals surface area contributed by atoms with Crippen molar-refractivity contribution >= 4 is 28.4 Å². The predicted octanol–water partition coefficient (Wildman–Crippen LogP) is 3.56. The predicted molar refractivity (Wildman–Crippen MR) is 94.1 cm³/mol. The van der Waals surface area contributed by atoms with Crippen LogP contribution in [0.4, 0.5) is 17.5 Å². The van der Waals surface area contributed by atoms with Crippen LogP contribution in [0.15, 0.2) is 54.6 Å². The Balaban J connectivity index is 1.99. The highest BCUT2D eigenvalue weighted by atomic mass is 16.3. The molecule has 3 N–H and O–H groups in total. The summed E-state index contributed by atoms with van der Waals surface area (Å²) < 4.78 is 0. The van der Waals surface area contributed by atoms with Gasteiger partial charge in [-0.3, -0.25) is 0 Å².